The molecule has 0 unspecified atom stereocenters. The molecule has 0 spiro atoms. The van der Waals surface area contributed by atoms with Gasteiger partial charge >= 0.3 is 0 Å². The fraction of sp³-hybridized carbons (Fsp3) is 0.895. The third kappa shape index (κ3) is 7.27. The van der Waals surface area contributed by atoms with Crippen molar-refractivity contribution in [3.63, 3.8) is 0 Å². The number of hydrogen-bond donors (Lipinski definition) is 2. The van der Waals surface area contributed by atoms with Crippen LogP contribution in [0.1, 0.15) is 27.7 Å². The molecule has 2 fully saturated rings. The zero-order chi connectivity index (χ0) is 19.7. The Bertz CT molecular complexity index is 483. The van der Waals surface area contributed by atoms with Gasteiger partial charge in [-0.2, -0.15) is 0 Å². The number of amides is 1. The summed E-state index contributed by atoms with van der Waals surface area (Å²) < 4.78 is 5.46. The van der Waals surface area contributed by atoms with E-state index in [1.54, 1.807) is 6.92 Å². The van der Waals surface area contributed by atoms with Crippen molar-refractivity contribution >= 4 is 11.9 Å². The lowest BCUT2D eigenvalue weighted by Crippen LogP contribution is -2.52. The lowest BCUT2D eigenvalue weighted by Gasteiger charge is -2.40. The summed E-state index contributed by atoms with van der Waals surface area (Å²) in [5.74, 6) is 1.05. The summed E-state index contributed by atoms with van der Waals surface area (Å²) in [6.07, 6.45) is 0. The molecule has 0 bridgehead atoms. The van der Waals surface area contributed by atoms with Crippen molar-refractivity contribution in [2.75, 3.05) is 78.7 Å². The van der Waals surface area contributed by atoms with Crippen LogP contribution in [-0.2, 0) is 9.53 Å². The van der Waals surface area contributed by atoms with Gasteiger partial charge in [0.2, 0.25) is 5.91 Å². The fourth-order valence-electron chi connectivity index (χ4n) is 3.50. The lowest BCUT2D eigenvalue weighted by atomic mass is 10.0. The number of aliphatic imine (C=N–C) groups is 1. The van der Waals surface area contributed by atoms with Crippen LogP contribution in [0.2, 0.25) is 0 Å². The minimum absolute atomic E-state index is 0.0230. The molecule has 156 valence electrons. The summed E-state index contributed by atoms with van der Waals surface area (Å²) in [5.41, 5.74) is 0.0230. The van der Waals surface area contributed by atoms with Crippen molar-refractivity contribution in [2.45, 2.75) is 33.2 Å². The number of rotatable bonds is 7. The number of guanidine groups is 1. The summed E-state index contributed by atoms with van der Waals surface area (Å²) in [6.45, 7) is 18.8. The molecule has 2 N–H and O–H groups in total. The van der Waals surface area contributed by atoms with Gasteiger partial charge in [-0.3, -0.25) is 19.6 Å². The van der Waals surface area contributed by atoms with E-state index in [-0.39, 0.29) is 11.4 Å². The van der Waals surface area contributed by atoms with Gasteiger partial charge in [0.1, 0.15) is 0 Å². The minimum Gasteiger partial charge on any atom is -0.379 e. The number of nitrogens with zero attached hydrogens (tertiary/aromatic N) is 4. The number of piperazine rings is 1. The average Bonchev–Trinajstić information content (AvgIpc) is 2.67. The number of hydrogen-bond acceptors (Lipinski definition) is 5. The Labute approximate surface area is 164 Å². The van der Waals surface area contributed by atoms with Crippen molar-refractivity contribution in [3.8, 4) is 0 Å². The second-order valence-electron chi connectivity index (χ2n) is 7.88. The highest BCUT2D eigenvalue weighted by atomic mass is 16.5. The van der Waals surface area contributed by atoms with Crippen molar-refractivity contribution in [2.24, 2.45) is 4.99 Å². The highest BCUT2D eigenvalue weighted by molar-refractivity contribution is 5.79. The average molecular weight is 383 g/mol. The smallest absolute Gasteiger partial charge is 0.219 e. The predicted molar refractivity (Wildman–Crippen MR) is 109 cm³/mol. The third-order valence-corrected chi connectivity index (χ3v) is 5.37. The van der Waals surface area contributed by atoms with Gasteiger partial charge in [-0.25, -0.2) is 0 Å². The van der Waals surface area contributed by atoms with E-state index in [2.05, 4.69) is 41.2 Å². The van der Waals surface area contributed by atoms with Crippen LogP contribution < -0.4 is 10.6 Å². The third-order valence-electron chi connectivity index (χ3n) is 5.37. The molecule has 0 aromatic rings. The van der Waals surface area contributed by atoms with Crippen LogP contribution in [0.4, 0.5) is 0 Å². The van der Waals surface area contributed by atoms with Gasteiger partial charge in [0.15, 0.2) is 5.96 Å². The van der Waals surface area contributed by atoms with Crippen LogP contribution >= 0.6 is 0 Å². The Morgan fingerprint density at radius 3 is 2.33 bits per heavy atom. The van der Waals surface area contributed by atoms with E-state index in [0.717, 1.165) is 84.6 Å². The van der Waals surface area contributed by atoms with Gasteiger partial charge in [-0.15, -0.1) is 0 Å². The molecule has 2 saturated heterocycles. The van der Waals surface area contributed by atoms with E-state index in [0.29, 0.717) is 0 Å². The molecule has 1 amide bonds. The van der Waals surface area contributed by atoms with E-state index < -0.39 is 0 Å². The van der Waals surface area contributed by atoms with Crippen molar-refractivity contribution in [3.05, 3.63) is 0 Å². The van der Waals surface area contributed by atoms with Crippen LogP contribution in [0.3, 0.4) is 0 Å². The SMILES string of the molecule is CCNC(=NCC(C)(C)N1CCOCC1)NCCN1CCN(C(C)=O)CC1. The van der Waals surface area contributed by atoms with Crippen molar-refractivity contribution < 1.29 is 9.53 Å². The van der Waals surface area contributed by atoms with Crippen molar-refractivity contribution in [1.82, 2.24) is 25.3 Å². The number of carbonyl (C=O) groups excluding carboxylic acids is 1. The van der Waals surface area contributed by atoms with Gasteiger partial charge in [0.05, 0.1) is 19.8 Å². The molecule has 2 aliphatic rings. The first-order valence-electron chi connectivity index (χ1n) is 10.2. The predicted octanol–water partition coefficient (Wildman–Crippen LogP) is -0.184. The van der Waals surface area contributed by atoms with Gasteiger partial charge in [0, 0.05) is 71.4 Å². The first-order chi connectivity index (χ1) is 12.9. The van der Waals surface area contributed by atoms with Crippen LogP contribution in [0.25, 0.3) is 0 Å². The maximum absolute atomic E-state index is 11.4. The summed E-state index contributed by atoms with van der Waals surface area (Å²) in [7, 11) is 0. The molecule has 0 atom stereocenters. The number of morpholine rings is 1. The second-order valence-corrected chi connectivity index (χ2v) is 7.88. The molecule has 8 nitrogen and oxygen atoms in total. The number of carbonyl (C=O) groups is 1. The molecule has 0 aliphatic carbocycles. The second kappa shape index (κ2) is 10.8. The normalized spacial score (nSPS) is 20.6. The zero-order valence-electron chi connectivity index (χ0n) is 17.6. The van der Waals surface area contributed by atoms with Gasteiger partial charge < -0.3 is 20.3 Å². The molecule has 2 heterocycles. The summed E-state index contributed by atoms with van der Waals surface area (Å²) in [6, 6.07) is 0. The molecule has 2 rings (SSSR count). The molecule has 8 heteroatoms. The quantitative estimate of drug-likeness (QED) is 0.470. The summed E-state index contributed by atoms with van der Waals surface area (Å²) in [5, 5.41) is 6.79. The summed E-state index contributed by atoms with van der Waals surface area (Å²) in [4.78, 5) is 23.0. The Morgan fingerprint density at radius 2 is 1.74 bits per heavy atom. The van der Waals surface area contributed by atoms with E-state index in [1.807, 2.05) is 4.90 Å². The Balaban J connectivity index is 1.75. The molecular formula is C19H38N6O2. The van der Waals surface area contributed by atoms with Gasteiger partial charge in [-0.1, -0.05) is 0 Å². The molecule has 0 aromatic carbocycles. The van der Waals surface area contributed by atoms with E-state index in [9.17, 15) is 4.79 Å². The highest BCUT2D eigenvalue weighted by Crippen LogP contribution is 2.16. The van der Waals surface area contributed by atoms with Crippen LogP contribution in [0.15, 0.2) is 4.99 Å². The standard InChI is InChI=1S/C19H38N6O2/c1-5-20-18(22-16-19(3,4)25-12-14-27-15-13-25)21-6-7-23-8-10-24(11-9-23)17(2)26/h5-16H2,1-4H3,(H2,20,21,22). The number of ether oxygens (including phenoxy) is 1. The highest BCUT2D eigenvalue weighted by Gasteiger charge is 2.28. The maximum Gasteiger partial charge on any atom is 0.219 e. The molecule has 0 aromatic heterocycles. The van der Waals surface area contributed by atoms with E-state index in [1.165, 1.54) is 0 Å². The van der Waals surface area contributed by atoms with Gasteiger partial charge in [0.25, 0.3) is 0 Å². The van der Waals surface area contributed by atoms with Crippen LogP contribution in [-0.4, -0.2) is 111 Å². The molecule has 27 heavy (non-hydrogen) atoms. The number of nitrogens with one attached hydrogen (secondary N) is 2. The molecule has 0 radical (unpaired) electrons. The molecule has 0 saturated carbocycles. The largest absolute Gasteiger partial charge is 0.379 e. The first-order valence-corrected chi connectivity index (χ1v) is 10.2. The van der Waals surface area contributed by atoms with Crippen LogP contribution in [0.5, 0.6) is 0 Å². The molecule has 2 aliphatic heterocycles. The monoisotopic (exact) mass is 382 g/mol. The minimum atomic E-state index is 0.0230. The Hall–Kier alpha value is -1.38. The topological polar surface area (TPSA) is 72.4 Å². The van der Waals surface area contributed by atoms with E-state index in [4.69, 9.17) is 9.73 Å². The summed E-state index contributed by atoms with van der Waals surface area (Å²) >= 11 is 0. The van der Waals surface area contributed by atoms with Crippen LogP contribution in [0, 0.1) is 0 Å². The van der Waals surface area contributed by atoms with Gasteiger partial charge in [-0.05, 0) is 20.8 Å². The van der Waals surface area contributed by atoms with E-state index >= 15 is 0 Å². The Kier molecular flexibility index (Phi) is 8.79. The molecular weight excluding hydrogens is 344 g/mol. The lowest BCUT2D eigenvalue weighted by molar-refractivity contribution is -0.130. The first kappa shape index (κ1) is 21.9. The zero-order valence-corrected chi connectivity index (χ0v) is 17.6. The van der Waals surface area contributed by atoms with Crippen molar-refractivity contribution in [1.29, 1.82) is 0 Å². The Morgan fingerprint density at radius 1 is 1.07 bits per heavy atom. The maximum atomic E-state index is 11.4. The fourth-order valence-corrected chi connectivity index (χ4v) is 3.50.